The molecule has 1 aliphatic heterocycles. The molecule has 0 aromatic heterocycles. The van der Waals surface area contributed by atoms with Gasteiger partial charge >= 0.3 is 12.1 Å². The van der Waals surface area contributed by atoms with Crippen LogP contribution < -0.4 is 43.0 Å². The third-order valence-corrected chi connectivity index (χ3v) is 13.3. The number of methoxy groups -OCH3 is 1. The molecule has 1 aliphatic rings. The van der Waals surface area contributed by atoms with Gasteiger partial charge in [-0.2, -0.15) is 0 Å². The van der Waals surface area contributed by atoms with E-state index in [9.17, 15) is 52.7 Å². The van der Waals surface area contributed by atoms with Crippen LogP contribution in [-0.2, 0) is 70.4 Å². The van der Waals surface area contributed by atoms with Crippen molar-refractivity contribution in [2.24, 2.45) is 23.5 Å². The van der Waals surface area contributed by atoms with E-state index < -0.39 is 96.6 Å². The summed E-state index contributed by atoms with van der Waals surface area (Å²) >= 11 is 0. The Balaban J connectivity index is 1.55. The van der Waals surface area contributed by atoms with Gasteiger partial charge in [-0.05, 0) is 93.2 Å². The van der Waals surface area contributed by atoms with E-state index in [1.165, 1.54) is 37.7 Å². The van der Waals surface area contributed by atoms with Crippen molar-refractivity contribution in [2.45, 2.75) is 150 Å². The van der Waals surface area contributed by atoms with Crippen molar-refractivity contribution in [1.29, 1.82) is 0 Å². The Morgan fingerprint density at radius 3 is 1.91 bits per heavy atom. The van der Waals surface area contributed by atoms with Gasteiger partial charge in [-0.3, -0.25) is 48.1 Å². The van der Waals surface area contributed by atoms with Gasteiger partial charge < -0.3 is 62.1 Å². The van der Waals surface area contributed by atoms with Crippen LogP contribution in [0, 0.1) is 17.8 Å². The number of benzene rings is 2. The van der Waals surface area contributed by atoms with Crippen LogP contribution in [0.15, 0.2) is 48.5 Å². The molecule has 3 rings (SSSR count). The molecule has 0 unspecified atom stereocenters. The summed E-state index contributed by atoms with van der Waals surface area (Å²) in [5.41, 5.74) is 5.79. The second-order valence-electron chi connectivity index (χ2n) is 20.9. The van der Waals surface area contributed by atoms with Crippen LogP contribution in [0.1, 0.15) is 112 Å². The minimum Gasteiger partial charge on any atom is -0.445 e. The first-order valence-electron chi connectivity index (χ1n) is 26.5. The fourth-order valence-electron chi connectivity index (χ4n) is 8.43. The topological polar surface area (TPSA) is 332 Å². The lowest BCUT2D eigenvalue weighted by Crippen LogP contribution is -2.62. The number of carbonyl (C=O) groups is 11. The van der Waals surface area contributed by atoms with Crippen LogP contribution in [0.2, 0.25) is 0 Å². The molecule has 0 bridgehead atoms. The number of likely N-dealkylation sites (tertiary alicyclic amines) is 1. The Kier molecular flexibility index (Phi) is 26.5. The zero-order chi connectivity index (χ0) is 59.1. The van der Waals surface area contributed by atoms with Crippen molar-refractivity contribution < 1.29 is 67.0 Å². The molecule has 11 amide bonds. The monoisotopic (exact) mass is 1110 g/mol. The predicted molar refractivity (Wildman–Crippen MR) is 292 cm³/mol. The second kappa shape index (κ2) is 31.8. The van der Waals surface area contributed by atoms with Gasteiger partial charge in [0.1, 0.15) is 49.3 Å². The quantitative estimate of drug-likeness (QED) is 0.0386. The lowest BCUT2D eigenvalue weighted by molar-refractivity contribution is -0.152. The number of ketones is 1. The molecule has 24 heteroatoms. The maximum atomic E-state index is 14.0. The molecule has 6 atom stereocenters. The first-order valence-corrected chi connectivity index (χ1v) is 26.5. The zero-order valence-electron chi connectivity index (χ0n) is 47.4. The van der Waals surface area contributed by atoms with Gasteiger partial charge in [0.15, 0.2) is 0 Å². The maximum absolute atomic E-state index is 14.0. The number of nitrogens with two attached hydrogens (primary N) is 1. The Labute approximate surface area is 462 Å². The Morgan fingerprint density at radius 2 is 1.38 bits per heavy atom. The lowest BCUT2D eigenvalue weighted by atomic mass is 9.89. The zero-order valence-corrected chi connectivity index (χ0v) is 47.4. The third-order valence-electron chi connectivity index (χ3n) is 13.3. The number of hydrogen-bond acceptors (Lipinski definition) is 14. The number of likely N-dealkylation sites (N-methyl/N-ethyl adjacent to an activating group) is 1. The molecule has 2 aromatic rings. The number of amides is 11. The number of anilines is 2. The summed E-state index contributed by atoms with van der Waals surface area (Å²) < 4.78 is 16.4. The number of imide groups is 1. The highest BCUT2D eigenvalue weighted by molar-refractivity contribution is 6.00. The summed E-state index contributed by atoms with van der Waals surface area (Å²) in [5.74, 6) is -4.93. The molecular formula is C55H82N10O14. The minimum absolute atomic E-state index is 0.0364. The molecule has 0 saturated carbocycles. The van der Waals surface area contributed by atoms with E-state index >= 15 is 0 Å². The van der Waals surface area contributed by atoms with Crippen LogP contribution in [0.25, 0.3) is 0 Å². The van der Waals surface area contributed by atoms with Crippen molar-refractivity contribution in [3.05, 3.63) is 59.7 Å². The van der Waals surface area contributed by atoms with Gasteiger partial charge in [0.05, 0.1) is 12.1 Å². The largest absolute Gasteiger partial charge is 0.445 e. The standard InChI is InChI=1S/C55H82N10O14/c1-12-34(6)48(41(77-11)28-35(7)66)64(10)51(73)47(33(4)5)62-52(74)55(8,9)63-54(76)79-29-37-17-22-39(23-18-37)59-49(71)40(14-13-26-57-53(56)75)60-50(72)46(32(2)3)61-43(68)31-78-30-42(67)58-38-20-15-36(16-21-38)19-24-44(69)65-27-25-45(65)70/h15-18,20-23,32-34,40-41,46-48H,12-14,19,24-31H2,1-11H3,(H,58,67)(H,59,71)(H,60,72)(H,61,68)(H,62,74)(H,63,76)(H3,56,57,75)/t34-,40-,41+,46-,47-,48-/m0/s1. The minimum atomic E-state index is -1.53. The van der Waals surface area contributed by atoms with Crippen molar-refractivity contribution in [1.82, 2.24) is 36.4 Å². The van der Waals surface area contributed by atoms with Gasteiger partial charge in [-0.15, -0.1) is 0 Å². The van der Waals surface area contributed by atoms with Gasteiger partial charge in [0.2, 0.25) is 47.3 Å². The number of nitrogens with one attached hydrogen (secondary N) is 7. The van der Waals surface area contributed by atoms with E-state index in [1.54, 1.807) is 83.3 Å². The van der Waals surface area contributed by atoms with Crippen molar-refractivity contribution in [3.63, 3.8) is 0 Å². The highest BCUT2D eigenvalue weighted by Gasteiger charge is 2.40. The number of hydrogen-bond donors (Lipinski definition) is 8. The number of alkyl carbamates (subject to hydrolysis) is 1. The van der Waals surface area contributed by atoms with Crippen LogP contribution in [0.5, 0.6) is 0 Å². The van der Waals surface area contributed by atoms with Crippen LogP contribution in [0.4, 0.5) is 21.0 Å². The Bertz CT molecular complexity index is 2450. The molecule has 0 spiro atoms. The van der Waals surface area contributed by atoms with Gasteiger partial charge in [-0.25, -0.2) is 9.59 Å². The number of carbonyl (C=O) groups excluding carboxylic acids is 11. The first-order chi connectivity index (χ1) is 37.2. The average Bonchev–Trinajstić information content (AvgIpc) is 3.39. The van der Waals surface area contributed by atoms with Crippen LogP contribution in [0.3, 0.4) is 0 Å². The summed E-state index contributed by atoms with van der Waals surface area (Å²) in [6.45, 7) is 14.5. The number of nitrogens with zero attached hydrogens (tertiary/aromatic N) is 2. The molecule has 79 heavy (non-hydrogen) atoms. The molecular weight excluding hydrogens is 1020 g/mol. The van der Waals surface area contributed by atoms with Crippen molar-refractivity contribution in [2.75, 3.05) is 51.1 Å². The van der Waals surface area contributed by atoms with E-state index in [4.69, 9.17) is 19.9 Å². The Morgan fingerprint density at radius 1 is 0.785 bits per heavy atom. The summed E-state index contributed by atoms with van der Waals surface area (Å²) in [5, 5.41) is 18.5. The van der Waals surface area contributed by atoms with Crippen LogP contribution >= 0.6 is 0 Å². The molecule has 1 fully saturated rings. The summed E-state index contributed by atoms with van der Waals surface area (Å²) in [7, 11) is 3.12. The van der Waals surface area contributed by atoms with E-state index in [1.807, 2.05) is 13.8 Å². The van der Waals surface area contributed by atoms with E-state index in [0.717, 1.165) is 5.56 Å². The first kappa shape index (κ1) is 65.8. The van der Waals surface area contributed by atoms with Crippen molar-refractivity contribution >= 4 is 76.5 Å². The second-order valence-corrected chi connectivity index (χ2v) is 20.9. The lowest BCUT2D eigenvalue weighted by Gasteiger charge is -2.40. The van der Waals surface area contributed by atoms with E-state index in [0.29, 0.717) is 42.7 Å². The molecule has 2 aromatic carbocycles. The number of β-lactam (4-membered cyclic amide) rings is 1. The summed E-state index contributed by atoms with van der Waals surface area (Å²) in [4.78, 5) is 143. The van der Waals surface area contributed by atoms with Gasteiger partial charge in [0.25, 0.3) is 0 Å². The highest BCUT2D eigenvalue weighted by atomic mass is 16.5. The van der Waals surface area contributed by atoms with Crippen LogP contribution in [-0.4, -0.2) is 151 Å². The maximum Gasteiger partial charge on any atom is 0.408 e. The predicted octanol–water partition coefficient (Wildman–Crippen LogP) is 3.06. The number of Topliss-reactive ketones (excluding diaryl/α,β-unsaturated/α-hetero) is 1. The number of aryl methyl sites for hydroxylation is 1. The van der Waals surface area contributed by atoms with Gasteiger partial charge in [0, 0.05) is 57.9 Å². The number of rotatable bonds is 32. The molecule has 0 radical (unpaired) electrons. The Hall–Kier alpha value is -7.47. The smallest absolute Gasteiger partial charge is 0.408 e. The van der Waals surface area contributed by atoms with Gasteiger partial charge in [-0.1, -0.05) is 72.2 Å². The summed E-state index contributed by atoms with van der Waals surface area (Å²) in [6, 6.07) is 8.54. The molecule has 1 heterocycles. The highest BCUT2D eigenvalue weighted by Crippen LogP contribution is 2.24. The fourth-order valence-corrected chi connectivity index (χ4v) is 8.43. The fraction of sp³-hybridized carbons (Fsp3) is 0.582. The van der Waals surface area contributed by atoms with E-state index in [-0.39, 0.29) is 74.2 Å². The number of ether oxygens (including phenoxy) is 3. The third kappa shape index (κ3) is 21.7. The molecule has 0 aliphatic carbocycles. The molecule has 1 saturated heterocycles. The average molecular weight is 1110 g/mol. The molecule has 24 nitrogen and oxygen atoms in total. The normalized spacial score (nSPS) is 14.5. The van der Waals surface area contributed by atoms with E-state index in [2.05, 4.69) is 37.2 Å². The number of urea groups is 1. The molecule has 436 valence electrons. The molecule has 9 N–H and O–H groups in total. The van der Waals surface area contributed by atoms with Crippen molar-refractivity contribution in [3.8, 4) is 0 Å². The summed E-state index contributed by atoms with van der Waals surface area (Å²) in [6.07, 6.45) is 0.593. The number of primary amides is 1. The SMILES string of the molecule is CC[C@H](C)[C@@H]([C@@H](CC(C)=O)OC)N(C)C(=O)[C@@H](NC(=O)C(C)(C)NC(=O)OCc1ccc(NC(=O)[C@H](CCCNC(N)=O)NC(=O)[C@@H](NC(=O)COCC(=O)Nc2ccc(CCC(=O)N3CCC3=O)cc2)C(C)C)cc1)C(C)C.